The van der Waals surface area contributed by atoms with E-state index >= 15 is 0 Å². The normalized spacial score (nSPS) is 29.4. The average Bonchev–Trinajstić information content (AvgIpc) is 3.16. The number of aliphatic hydroxyl groups excluding tert-OH is 4. The molecule has 6 atom stereocenters. The van der Waals surface area contributed by atoms with Crippen molar-refractivity contribution in [1.29, 1.82) is 0 Å². The molecule has 1 saturated heterocycles. The van der Waals surface area contributed by atoms with E-state index in [0.29, 0.717) is 11.2 Å². The number of fused-ring (bicyclic) bond motifs is 1. The highest BCUT2D eigenvalue weighted by Crippen LogP contribution is 2.26. The summed E-state index contributed by atoms with van der Waals surface area (Å²) in [5.74, 6) is -0.373. The maximum Gasteiger partial charge on any atom is 0.234 e. The fourth-order valence-electron chi connectivity index (χ4n) is 2.90. The number of nitrogens with zero attached hydrogens (tertiary/aromatic N) is 3. The second kappa shape index (κ2) is 8.08. The molecule has 148 valence electrons. The maximum absolute atomic E-state index is 11.6. The van der Waals surface area contributed by atoms with Gasteiger partial charge in [-0.3, -0.25) is 4.79 Å². The molecule has 1 aliphatic rings. The van der Waals surface area contributed by atoms with E-state index < -0.39 is 49.2 Å². The summed E-state index contributed by atoms with van der Waals surface area (Å²) in [5.41, 5.74) is 6.07. The van der Waals surface area contributed by atoms with E-state index in [-0.39, 0.29) is 12.4 Å². The van der Waals surface area contributed by atoms with E-state index in [1.165, 1.54) is 12.7 Å². The minimum atomic E-state index is -1.52. The molecular weight excluding hydrogens is 362 g/mol. The first-order valence-electron chi connectivity index (χ1n) is 8.16. The van der Waals surface area contributed by atoms with Crippen LogP contribution in [0.5, 0.6) is 0 Å². The SMILES string of the molecule is NCC(=O)N[C@@H]1[C@@H](O)[C@@H](O)[C@@H](Nc2ncnc3nc[nH]c23)O[C@H]1[C@@H](O)CO. The van der Waals surface area contributed by atoms with Crippen molar-refractivity contribution in [2.24, 2.45) is 5.73 Å². The van der Waals surface area contributed by atoms with Gasteiger partial charge in [0.2, 0.25) is 5.91 Å². The number of ether oxygens (including phenoxy) is 1. The molecule has 3 rings (SSSR count). The summed E-state index contributed by atoms with van der Waals surface area (Å²) in [6.07, 6.45) is -4.22. The van der Waals surface area contributed by atoms with Crippen LogP contribution in [0.4, 0.5) is 5.82 Å². The molecule has 0 spiro atoms. The summed E-state index contributed by atoms with van der Waals surface area (Å²) < 4.78 is 5.63. The van der Waals surface area contributed by atoms with Crippen molar-refractivity contribution < 1.29 is 30.0 Å². The lowest BCUT2D eigenvalue weighted by Crippen LogP contribution is -2.68. The van der Waals surface area contributed by atoms with E-state index in [4.69, 9.17) is 10.5 Å². The van der Waals surface area contributed by atoms with Gasteiger partial charge in [0.1, 0.15) is 36.3 Å². The highest BCUT2D eigenvalue weighted by Gasteiger charge is 2.47. The summed E-state index contributed by atoms with van der Waals surface area (Å²) in [6.45, 7) is -1.05. The lowest BCUT2D eigenvalue weighted by Gasteiger charge is -2.44. The molecular formula is C14H21N7O6. The van der Waals surface area contributed by atoms with E-state index in [9.17, 15) is 25.2 Å². The second-order valence-corrected chi connectivity index (χ2v) is 6.02. The van der Waals surface area contributed by atoms with E-state index in [2.05, 4.69) is 30.6 Å². The first kappa shape index (κ1) is 19.3. The Bertz CT molecular complexity index is 788. The molecule has 0 unspecified atom stereocenters. The van der Waals surface area contributed by atoms with Gasteiger partial charge in [0.05, 0.1) is 25.5 Å². The van der Waals surface area contributed by atoms with Gasteiger partial charge in [0.25, 0.3) is 0 Å². The number of hydrogen-bond donors (Lipinski definition) is 8. The monoisotopic (exact) mass is 383 g/mol. The molecule has 0 aliphatic carbocycles. The third-order valence-corrected chi connectivity index (χ3v) is 4.27. The minimum absolute atomic E-state index is 0.246. The fraction of sp³-hybridized carbons (Fsp3) is 0.571. The number of H-pyrrole nitrogens is 1. The number of aromatic amines is 1. The Labute approximate surface area is 152 Å². The van der Waals surface area contributed by atoms with Crippen molar-refractivity contribution in [3.05, 3.63) is 12.7 Å². The maximum atomic E-state index is 11.6. The van der Waals surface area contributed by atoms with E-state index in [0.717, 1.165) is 0 Å². The second-order valence-electron chi connectivity index (χ2n) is 6.02. The number of aliphatic hydroxyl groups is 4. The first-order valence-corrected chi connectivity index (χ1v) is 8.16. The summed E-state index contributed by atoms with van der Waals surface area (Å²) in [7, 11) is 0. The summed E-state index contributed by atoms with van der Waals surface area (Å²) in [5, 5.41) is 45.4. The van der Waals surface area contributed by atoms with Gasteiger partial charge in [-0.1, -0.05) is 0 Å². The zero-order valence-corrected chi connectivity index (χ0v) is 14.1. The smallest absolute Gasteiger partial charge is 0.234 e. The number of nitrogens with two attached hydrogens (primary N) is 1. The molecule has 13 heteroatoms. The Morgan fingerprint density at radius 2 is 2.11 bits per heavy atom. The number of anilines is 1. The molecule has 1 aliphatic heterocycles. The largest absolute Gasteiger partial charge is 0.394 e. The van der Waals surface area contributed by atoms with Crippen LogP contribution in [0.1, 0.15) is 0 Å². The Morgan fingerprint density at radius 1 is 1.33 bits per heavy atom. The van der Waals surface area contributed by atoms with Crippen LogP contribution in [0.25, 0.3) is 11.2 Å². The Kier molecular flexibility index (Phi) is 5.79. The summed E-state index contributed by atoms with van der Waals surface area (Å²) in [4.78, 5) is 26.4. The first-order chi connectivity index (χ1) is 13.0. The van der Waals surface area contributed by atoms with Crippen molar-refractivity contribution in [2.75, 3.05) is 18.5 Å². The molecule has 1 fully saturated rings. The minimum Gasteiger partial charge on any atom is -0.394 e. The fourth-order valence-corrected chi connectivity index (χ4v) is 2.90. The van der Waals surface area contributed by atoms with Crippen LogP contribution >= 0.6 is 0 Å². The lowest BCUT2D eigenvalue weighted by atomic mass is 9.92. The highest BCUT2D eigenvalue weighted by molar-refractivity contribution is 5.82. The number of imidazole rings is 1. The number of hydrogen-bond acceptors (Lipinski definition) is 11. The molecule has 3 heterocycles. The number of carbonyl (C=O) groups excluding carboxylic acids is 1. The molecule has 2 aromatic heterocycles. The number of carbonyl (C=O) groups is 1. The number of amides is 1. The predicted octanol–water partition coefficient (Wildman–Crippen LogP) is -3.99. The molecule has 0 bridgehead atoms. The Morgan fingerprint density at radius 3 is 2.81 bits per heavy atom. The zero-order valence-electron chi connectivity index (χ0n) is 14.1. The molecule has 9 N–H and O–H groups in total. The van der Waals surface area contributed by atoms with Gasteiger partial charge in [-0.15, -0.1) is 0 Å². The van der Waals surface area contributed by atoms with E-state index in [1.54, 1.807) is 0 Å². The Hall–Kier alpha value is -2.42. The molecule has 0 aromatic carbocycles. The van der Waals surface area contributed by atoms with Gasteiger partial charge in [-0.05, 0) is 0 Å². The molecule has 27 heavy (non-hydrogen) atoms. The van der Waals surface area contributed by atoms with Crippen LogP contribution in [-0.4, -0.2) is 96.1 Å². The third-order valence-electron chi connectivity index (χ3n) is 4.27. The highest BCUT2D eigenvalue weighted by atomic mass is 16.5. The van der Waals surface area contributed by atoms with Gasteiger partial charge in [0, 0.05) is 0 Å². The molecule has 0 saturated carbocycles. The van der Waals surface area contributed by atoms with Crippen LogP contribution in [0.2, 0.25) is 0 Å². The molecule has 13 nitrogen and oxygen atoms in total. The van der Waals surface area contributed by atoms with E-state index in [1.807, 2.05) is 0 Å². The van der Waals surface area contributed by atoms with Gasteiger partial charge < -0.3 is 46.5 Å². The summed E-state index contributed by atoms with van der Waals surface area (Å²) >= 11 is 0. The lowest BCUT2D eigenvalue weighted by molar-refractivity contribution is -0.204. The molecule has 2 aromatic rings. The van der Waals surface area contributed by atoms with Gasteiger partial charge >= 0.3 is 0 Å². The van der Waals surface area contributed by atoms with Crippen LogP contribution in [0.3, 0.4) is 0 Å². The predicted molar refractivity (Wildman–Crippen MR) is 90.1 cm³/mol. The third kappa shape index (κ3) is 3.83. The van der Waals surface area contributed by atoms with Gasteiger partial charge in [0.15, 0.2) is 17.7 Å². The van der Waals surface area contributed by atoms with Crippen molar-refractivity contribution in [1.82, 2.24) is 25.3 Å². The number of rotatable bonds is 6. The van der Waals surface area contributed by atoms with Gasteiger partial charge in [-0.2, -0.15) is 0 Å². The van der Waals surface area contributed by atoms with Crippen LogP contribution in [0, 0.1) is 0 Å². The Balaban J connectivity index is 1.84. The molecule has 0 radical (unpaired) electrons. The number of nitrogens with one attached hydrogen (secondary N) is 3. The number of aromatic nitrogens is 4. The quantitative estimate of drug-likeness (QED) is 0.241. The van der Waals surface area contributed by atoms with Crippen molar-refractivity contribution in [3.8, 4) is 0 Å². The standard InChI is InChI=1S/C14H21N7O6/c15-1-6(24)20-7-9(25)10(26)14(27-11(7)5(23)2-22)21-13-8-12(17-3-16-8)18-4-19-13/h3-5,7,9-11,14,22-23,25-26H,1-2,15H2,(H,20,24)(H2,16,17,18,19,21)/t5-,7+,9+,10+,11-,14-/m0/s1. The average molecular weight is 383 g/mol. The van der Waals surface area contributed by atoms with Gasteiger partial charge in [-0.25, -0.2) is 15.0 Å². The summed E-state index contributed by atoms with van der Waals surface area (Å²) in [6, 6.07) is -1.19. The topological polar surface area (TPSA) is 212 Å². The van der Waals surface area contributed by atoms with Crippen molar-refractivity contribution >= 4 is 22.9 Å². The van der Waals surface area contributed by atoms with Crippen LogP contribution < -0.4 is 16.4 Å². The van der Waals surface area contributed by atoms with Crippen molar-refractivity contribution in [3.63, 3.8) is 0 Å². The van der Waals surface area contributed by atoms with Crippen LogP contribution in [0.15, 0.2) is 12.7 Å². The zero-order chi connectivity index (χ0) is 19.6. The molecule has 1 amide bonds. The van der Waals surface area contributed by atoms with Crippen molar-refractivity contribution in [2.45, 2.75) is 36.7 Å². The van der Waals surface area contributed by atoms with Crippen LogP contribution in [-0.2, 0) is 9.53 Å².